The third-order valence-corrected chi connectivity index (χ3v) is 5.70. The largest absolute Gasteiger partial charge is 0.271 e. The second-order valence-electron chi connectivity index (χ2n) is 5.27. The summed E-state index contributed by atoms with van der Waals surface area (Å²) in [6.45, 7) is 4.14. The molecule has 2 amide bonds. The minimum absolute atomic E-state index is 0.0208. The standard InChI is InChI=1S/C17H20N4O4S/c1-3-21(4-2)26(24,25)15-9-5-7-13(11-15)16(22)19-20-17(23)14-8-6-10-18-12-14/h5-12H,3-4H2,1-2H3,(H,19,22)(H,20,23). The van der Waals surface area contributed by atoms with Crippen LogP contribution in [0, 0.1) is 0 Å². The summed E-state index contributed by atoms with van der Waals surface area (Å²) in [6, 6.07) is 8.79. The third-order valence-electron chi connectivity index (χ3n) is 3.65. The zero-order chi connectivity index (χ0) is 19.2. The highest BCUT2D eigenvalue weighted by molar-refractivity contribution is 7.89. The van der Waals surface area contributed by atoms with Crippen molar-refractivity contribution >= 4 is 21.8 Å². The average Bonchev–Trinajstić information content (AvgIpc) is 2.67. The molecule has 0 spiro atoms. The van der Waals surface area contributed by atoms with Gasteiger partial charge in [-0.3, -0.25) is 25.4 Å². The zero-order valence-corrected chi connectivity index (χ0v) is 15.3. The molecule has 0 unspecified atom stereocenters. The Morgan fingerprint density at radius 3 is 2.19 bits per heavy atom. The van der Waals surface area contributed by atoms with Gasteiger partial charge in [0.15, 0.2) is 0 Å². The van der Waals surface area contributed by atoms with E-state index in [1.165, 1.54) is 41.0 Å². The van der Waals surface area contributed by atoms with E-state index >= 15 is 0 Å². The van der Waals surface area contributed by atoms with Crippen molar-refractivity contribution in [3.63, 3.8) is 0 Å². The van der Waals surface area contributed by atoms with E-state index < -0.39 is 21.8 Å². The minimum Gasteiger partial charge on any atom is -0.267 e. The number of hydrogen-bond acceptors (Lipinski definition) is 5. The molecule has 0 radical (unpaired) electrons. The molecule has 2 N–H and O–H groups in total. The summed E-state index contributed by atoms with van der Waals surface area (Å²) in [6.07, 6.45) is 2.88. The molecule has 0 fully saturated rings. The Labute approximate surface area is 152 Å². The first-order valence-electron chi connectivity index (χ1n) is 8.01. The van der Waals surface area contributed by atoms with Gasteiger partial charge in [0.2, 0.25) is 10.0 Å². The Morgan fingerprint density at radius 1 is 1.00 bits per heavy atom. The van der Waals surface area contributed by atoms with Crippen LogP contribution in [0.5, 0.6) is 0 Å². The summed E-state index contributed by atoms with van der Waals surface area (Å²) >= 11 is 0. The Hall–Kier alpha value is -2.78. The van der Waals surface area contributed by atoms with Crippen molar-refractivity contribution in [3.05, 3.63) is 59.9 Å². The highest BCUT2D eigenvalue weighted by Crippen LogP contribution is 2.16. The first kappa shape index (κ1) is 19.5. The molecule has 8 nitrogen and oxygen atoms in total. The molecule has 0 saturated carbocycles. The highest BCUT2D eigenvalue weighted by atomic mass is 32.2. The second-order valence-corrected chi connectivity index (χ2v) is 7.21. The van der Waals surface area contributed by atoms with Gasteiger partial charge in [-0.05, 0) is 30.3 Å². The topological polar surface area (TPSA) is 108 Å². The molecule has 138 valence electrons. The average molecular weight is 376 g/mol. The van der Waals surface area contributed by atoms with E-state index in [2.05, 4.69) is 15.8 Å². The fraction of sp³-hybridized carbons (Fsp3) is 0.235. The summed E-state index contributed by atoms with van der Waals surface area (Å²) in [5.74, 6) is -1.16. The predicted molar refractivity (Wildman–Crippen MR) is 95.7 cm³/mol. The van der Waals surface area contributed by atoms with Gasteiger partial charge < -0.3 is 0 Å². The monoisotopic (exact) mass is 376 g/mol. The molecule has 26 heavy (non-hydrogen) atoms. The molecule has 0 aliphatic heterocycles. The van der Waals surface area contributed by atoms with Crippen LogP contribution in [0.15, 0.2) is 53.7 Å². The highest BCUT2D eigenvalue weighted by Gasteiger charge is 2.22. The van der Waals surface area contributed by atoms with Crippen LogP contribution in [0.4, 0.5) is 0 Å². The van der Waals surface area contributed by atoms with Gasteiger partial charge >= 0.3 is 0 Å². The summed E-state index contributed by atoms with van der Waals surface area (Å²) in [5, 5.41) is 0. The Kier molecular flexibility index (Phi) is 6.42. The van der Waals surface area contributed by atoms with Crippen LogP contribution >= 0.6 is 0 Å². The predicted octanol–water partition coefficient (Wildman–Crippen LogP) is 1.19. The lowest BCUT2D eigenvalue weighted by atomic mass is 10.2. The molecule has 0 aliphatic carbocycles. The van der Waals surface area contributed by atoms with Crippen molar-refractivity contribution in [2.45, 2.75) is 18.7 Å². The van der Waals surface area contributed by atoms with Crippen LogP contribution in [0.1, 0.15) is 34.6 Å². The van der Waals surface area contributed by atoms with Gasteiger partial charge in [-0.2, -0.15) is 4.31 Å². The smallest absolute Gasteiger partial charge is 0.267 e. The number of nitrogens with zero attached hydrogens (tertiary/aromatic N) is 2. The maximum absolute atomic E-state index is 12.5. The van der Waals surface area contributed by atoms with Gasteiger partial charge in [0.1, 0.15) is 0 Å². The number of carbonyl (C=O) groups excluding carboxylic acids is 2. The van der Waals surface area contributed by atoms with Crippen molar-refractivity contribution < 1.29 is 18.0 Å². The molecule has 9 heteroatoms. The molecule has 1 heterocycles. The molecule has 2 rings (SSSR count). The van der Waals surface area contributed by atoms with Crippen LogP contribution in [-0.4, -0.2) is 42.6 Å². The number of pyridine rings is 1. The Morgan fingerprint density at radius 2 is 1.62 bits per heavy atom. The van der Waals surface area contributed by atoms with Crippen LogP contribution < -0.4 is 10.9 Å². The number of sulfonamides is 1. The lowest BCUT2D eigenvalue weighted by Gasteiger charge is -2.18. The summed E-state index contributed by atoms with van der Waals surface area (Å²) in [5.41, 5.74) is 4.92. The van der Waals surface area contributed by atoms with Gasteiger partial charge in [-0.15, -0.1) is 0 Å². The van der Waals surface area contributed by atoms with Crippen LogP contribution in [-0.2, 0) is 10.0 Å². The summed E-state index contributed by atoms with van der Waals surface area (Å²) in [4.78, 5) is 28.0. The fourth-order valence-corrected chi connectivity index (χ4v) is 3.77. The second kappa shape index (κ2) is 8.54. The van der Waals surface area contributed by atoms with Gasteiger partial charge in [0.25, 0.3) is 11.8 Å². The molecule has 1 aromatic heterocycles. The lowest BCUT2D eigenvalue weighted by molar-refractivity contribution is 0.0846. The first-order chi connectivity index (χ1) is 12.4. The van der Waals surface area contributed by atoms with Crippen LogP contribution in [0.3, 0.4) is 0 Å². The molecular weight excluding hydrogens is 356 g/mol. The molecule has 0 atom stereocenters. The zero-order valence-electron chi connectivity index (χ0n) is 14.5. The van der Waals surface area contributed by atoms with E-state index in [0.717, 1.165) is 0 Å². The maximum Gasteiger partial charge on any atom is 0.271 e. The van der Waals surface area contributed by atoms with Crippen molar-refractivity contribution in [3.8, 4) is 0 Å². The molecule has 1 aromatic carbocycles. The van der Waals surface area contributed by atoms with E-state index in [1.54, 1.807) is 26.0 Å². The first-order valence-corrected chi connectivity index (χ1v) is 9.45. The van der Waals surface area contributed by atoms with Crippen LogP contribution in [0.25, 0.3) is 0 Å². The minimum atomic E-state index is -3.67. The van der Waals surface area contributed by atoms with Gasteiger partial charge in [0, 0.05) is 31.0 Å². The molecule has 0 bridgehead atoms. The number of amides is 2. The van der Waals surface area contributed by atoms with E-state index in [9.17, 15) is 18.0 Å². The van der Waals surface area contributed by atoms with Crippen molar-refractivity contribution in [1.82, 2.24) is 20.1 Å². The maximum atomic E-state index is 12.5. The lowest BCUT2D eigenvalue weighted by Crippen LogP contribution is -2.41. The number of aromatic nitrogens is 1. The van der Waals surface area contributed by atoms with E-state index in [-0.39, 0.29) is 16.0 Å². The van der Waals surface area contributed by atoms with E-state index in [0.29, 0.717) is 13.1 Å². The molecular formula is C17H20N4O4S. The normalized spacial score (nSPS) is 11.2. The van der Waals surface area contributed by atoms with Crippen molar-refractivity contribution in [2.75, 3.05) is 13.1 Å². The summed E-state index contributed by atoms with van der Waals surface area (Å²) in [7, 11) is -3.67. The number of carbonyl (C=O) groups is 2. The Bertz CT molecular complexity index is 881. The van der Waals surface area contributed by atoms with Crippen molar-refractivity contribution in [2.24, 2.45) is 0 Å². The molecule has 0 saturated heterocycles. The van der Waals surface area contributed by atoms with Crippen LogP contribution in [0.2, 0.25) is 0 Å². The van der Waals surface area contributed by atoms with E-state index in [1.807, 2.05) is 0 Å². The quantitative estimate of drug-likeness (QED) is 0.736. The van der Waals surface area contributed by atoms with Gasteiger partial charge in [-0.25, -0.2) is 8.42 Å². The number of hydrogen-bond donors (Lipinski definition) is 2. The number of rotatable bonds is 6. The third kappa shape index (κ3) is 4.44. The summed E-state index contributed by atoms with van der Waals surface area (Å²) < 4.78 is 26.4. The van der Waals surface area contributed by atoms with Gasteiger partial charge in [0.05, 0.1) is 10.5 Å². The SMILES string of the molecule is CCN(CC)S(=O)(=O)c1cccc(C(=O)NNC(=O)c2cccnc2)c1. The molecule has 2 aromatic rings. The van der Waals surface area contributed by atoms with E-state index in [4.69, 9.17) is 0 Å². The van der Waals surface area contributed by atoms with Gasteiger partial charge in [-0.1, -0.05) is 19.9 Å². The number of benzene rings is 1. The Balaban J connectivity index is 2.12. The van der Waals surface area contributed by atoms with Crippen molar-refractivity contribution in [1.29, 1.82) is 0 Å². The number of nitrogens with one attached hydrogen (secondary N) is 2. The fourth-order valence-electron chi connectivity index (χ4n) is 2.27. The number of hydrazine groups is 1. The molecule has 0 aliphatic rings.